The lowest BCUT2D eigenvalue weighted by Gasteiger charge is -2.36. The molecule has 5 nitrogen and oxygen atoms in total. The minimum Gasteiger partial charge on any atom is -0.497 e. The molecule has 6 heteroatoms. The van der Waals surface area contributed by atoms with Gasteiger partial charge in [0.25, 0.3) is 0 Å². The lowest BCUT2D eigenvalue weighted by molar-refractivity contribution is 0.175. The number of rotatable bonds is 17. The number of ether oxygens (including phenoxy) is 3. The predicted molar refractivity (Wildman–Crippen MR) is 152 cm³/mol. The summed E-state index contributed by atoms with van der Waals surface area (Å²) in [6.45, 7) is 6.89. The highest BCUT2D eigenvalue weighted by Crippen LogP contribution is 2.38. The van der Waals surface area contributed by atoms with Gasteiger partial charge in [-0.05, 0) is 94.1 Å². The molecule has 0 aliphatic heterocycles. The van der Waals surface area contributed by atoms with E-state index in [1.165, 1.54) is 67.6 Å². The van der Waals surface area contributed by atoms with Gasteiger partial charge in [-0.3, -0.25) is 0 Å². The summed E-state index contributed by atoms with van der Waals surface area (Å²) in [5.41, 5.74) is 2.78. The zero-order valence-corrected chi connectivity index (χ0v) is 23.6. The monoisotopic (exact) mass is 514 g/mol. The van der Waals surface area contributed by atoms with E-state index in [0.29, 0.717) is 6.04 Å². The maximum Gasteiger partial charge on any atom is 0.164 e. The molecule has 3 rings (SSSR count). The third-order valence-electron chi connectivity index (χ3n) is 7.11. The van der Waals surface area contributed by atoms with E-state index in [1.807, 2.05) is 23.9 Å². The fourth-order valence-corrected chi connectivity index (χ4v) is 6.01. The maximum absolute atomic E-state index is 5.69. The fourth-order valence-electron chi connectivity index (χ4n) is 5.20. The first-order valence-corrected chi connectivity index (χ1v) is 14.6. The molecule has 1 unspecified atom stereocenters. The molecule has 2 aromatic rings. The van der Waals surface area contributed by atoms with Gasteiger partial charge in [-0.2, -0.15) is 0 Å². The van der Waals surface area contributed by atoms with Crippen LogP contribution in [0.3, 0.4) is 0 Å². The van der Waals surface area contributed by atoms with Gasteiger partial charge in [0.05, 0.1) is 21.3 Å². The molecule has 0 radical (unpaired) electrons. The van der Waals surface area contributed by atoms with Crippen molar-refractivity contribution in [3.63, 3.8) is 0 Å². The van der Waals surface area contributed by atoms with Crippen LogP contribution < -0.4 is 19.5 Å². The van der Waals surface area contributed by atoms with Crippen LogP contribution in [0.5, 0.6) is 17.2 Å². The fraction of sp³-hybridized carbons (Fsp3) is 0.600. The number of fused-ring (bicyclic) bond motifs is 1. The molecule has 0 saturated heterocycles. The Morgan fingerprint density at radius 3 is 2.42 bits per heavy atom. The molecule has 0 fully saturated rings. The number of nitrogens with zero attached hydrogens (tertiary/aromatic N) is 1. The van der Waals surface area contributed by atoms with Crippen molar-refractivity contribution < 1.29 is 14.2 Å². The summed E-state index contributed by atoms with van der Waals surface area (Å²) in [5.74, 6) is 3.80. The van der Waals surface area contributed by atoms with Crippen molar-refractivity contribution in [2.24, 2.45) is 0 Å². The van der Waals surface area contributed by atoms with E-state index in [4.69, 9.17) is 14.2 Å². The first-order valence-electron chi connectivity index (χ1n) is 13.6. The first-order chi connectivity index (χ1) is 17.7. The molecule has 0 saturated carbocycles. The highest BCUT2D eigenvalue weighted by atomic mass is 32.2. The van der Waals surface area contributed by atoms with Crippen LogP contribution in [0.1, 0.15) is 56.6 Å². The van der Waals surface area contributed by atoms with Crippen molar-refractivity contribution in [1.82, 2.24) is 10.2 Å². The highest BCUT2D eigenvalue weighted by Gasteiger charge is 2.27. The van der Waals surface area contributed by atoms with Crippen molar-refractivity contribution in [1.29, 1.82) is 0 Å². The van der Waals surface area contributed by atoms with E-state index in [9.17, 15) is 0 Å². The Labute approximate surface area is 223 Å². The summed E-state index contributed by atoms with van der Waals surface area (Å²) in [6.07, 6.45) is 9.79. The molecule has 1 N–H and O–H groups in total. The summed E-state index contributed by atoms with van der Waals surface area (Å²) in [4.78, 5) is 4.04. The SMILES string of the molecule is CCCN(CCCCCCNCCSc1ccc(OC)cc1)C1CCc2c(ccc(OC)c2OC)C1. The number of methoxy groups -OCH3 is 3. The Hall–Kier alpha value is -1.89. The van der Waals surface area contributed by atoms with Crippen LogP contribution in [0.2, 0.25) is 0 Å². The minimum atomic E-state index is 0.639. The number of hydrogen-bond donors (Lipinski definition) is 1. The zero-order chi connectivity index (χ0) is 25.6. The molecule has 200 valence electrons. The first kappa shape index (κ1) is 28.7. The van der Waals surface area contributed by atoms with Crippen LogP contribution >= 0.6 is 11.8 Å². The average Bonchev–Trinajstić information content (AvgIpc) is 2.92. The molecule has 1 aliphatic carbocycles. The van der Waals surface area contributed by atoms with Gasteiger partial charge in [0, 0.05) is 28.8 Å². The molecule has 0 heterocycles. The lowest BCUT2D eigenvalue weighted by atomic mass is 9.86. The third-order valence-corrected chi connectivity index (χ3v) is 8.13. The lowest BCUT2D eigenvalue weighted by Crippen LogP contribution is -2.40. The predicted octanol–water partition coefficient (Wildman–Crippen LogP) is 6.22. The molecule has 1 aliphatic rings. The molecular formula is C30H46N2O3S. The Morgan fingerprint density at radius 2 is 1.69 bits per heavy atom. The van der Waals surface area contributed by atoms with Crippen molar-refractivity contribution in [2.45, 2.75) is 69.2 Å². The van der Waals surface area contributed by atoms with E-state index < -0.39 is 0 Å². The quantitative estimate of drug-likeness (QED) is 0.200. The summed E-state index contributed by atoms with van der Waals surface area (Å²) < 4.78 is 16.4. The van der Waals surface area contributed by atoms with Gasteiger partial charge in [0.2, 0.25) is 0 Å². The Bertz CT molecular complexity index is 891. The van der Waals surface area contributed by atoms with Crippen molar-refractivity contribution >= 4 is 11.8 Å². The van der Waals surface area contributed by atoms with Gasteiger partial charge in [-0.25, -0.2) is 0 Å². The topological polar surface area (TPSA) is 43.0 Å². The smallest absolute Gasteiger partial charge is 0.164 e. The molecule has 36 heavy (non-hydrogen) atoms. The van der Waals surface area contributed by atoms with Gasteiger partial charge in [0.15, 0.2) is 11.5 Å². The Kier molecular flexibility index (Phi) is 12.8. The maximum atomic E-state index is 5.69. The second kappa shape index (κ2) is 16.1. The molecule has 1 atom stereocenters. The minimum absolute atomic E-state index is 0.639. The van der Waals surface area contributed by atoms with Gasteiger partial charge in [-0.15, -0.1) is 11.8 Å². The van der Waals surface area contributed by atoms with E-state index in [1.54, 1.807) is 21.3 Å². The van der Waals surface area contributed by atoms with Crippen molar-refractivity contribution in [3.8, 4) is 17.2 Å². The average molecular weight is 515 g/mol. The molecule has 2 aromatic carbocycles. The molecule has 0 spiro atoms. The van der Waals surface area contributed by atoms with Crippen LogP contribution in [0.25, 0.3) is 0 Å². The Morgan fingerprint density at radius 1 is 0.889 bits per heavy atom. The normalized spacial score (nSPS) is 15.1. The summed E-state index contributed by atoms with van der Waals surface area (Å²) in [7, 11) is 5.18. The molecular weight excluding hydrogens is 468 g/mol. The third kappa shape index (κ3) is 8.60. The van der Waals surface area contributed by atoms with Crippen LogP contribution in [0.4, 0.5) is 0 Å². The van der Waals surface area contributed by atoms with E-state index >= 15 is 0 Å². The second-order valence-corrected chi connectivity index (χ2v) is 10.7. The summed E-state index contributed by atoms with van der Waals surface area (Å²) in [5, 5.41) is 3.60. The van der Waals surface area contributed by atoms with Crippen LogP contribution in [0, 0.1) is 0 Å². The number of unbranched alkanes of at least 4 members (excludes halogenated alkanes) is 3. The number of nitrogens with one attached hydrogen (secondary N) is 1. The number of hydrogen-bond acceptors (Lipinski definition) is 6. The van der Waals surface area contributed by atoms with Crippen LogP contribution in [-0.4, -0.2) is 64.2 Å². The van der Waals surface area contributed by atoms with Gasteiger partial charge in [0.1, 0.15) is 5.75 Å². The van der Waals surface area contributed by atoms with Crippen LogP contribution in [0.15, 0.2) is 41.3 Å². The Balaban J connectivity index is 1.30. The standard InChI is InChI=1S/C30H46N2O3S/c1-5-20-32(25-11-16-28-24(23-25)10-17-29(34-3)30(28)35-4)21-9-7-6-8-18-31-19-22-36-27-14-12-26(33-2)13-15-27/h10,12-15,17,25,31H,5-9,11,16,18-23H2,1-4H3. The molecule has 0 bridgehead atoms. The summed E-state index contributed by atoms with van der Waals surface area (Å²) in [6, 6.07) is 13.3. The molecule has 0 aromatic heterocycles. The van der Waals surface area contributed by atoms with Crippen LogP contribution in [-0.2, 0) is 12.8 Å². The van der Waals surface area contributed by atoms with Gasteiger partial charge < -0.3 is 24.4 Å². The summed E-state index contributed by atoms with van der Waals surface area (Å²) >= 11 is 1.90. The molecule has 0 amide bonds. The van der Waals surface area contributed by atoms with Gasteiger partial charge in [-0.1, -0.05) is 25.8 Å². The number of benzene rings is 2. The van der Waals surface area contributed by atoms with Gasteiger partial charge >= 0.3 is 0 Å². The largest absolute Gasteiger partial charge is 0.497 e. The van der Waals surface area contributed by atoms with E-state index in [-0.39, 0.29) is 0 Å². The van der Waals surface area contributed by atoms with Crippen molar-refractivity contribution in [2.75, 3.05) is 53.3 Å². The number of thioether (sulfide) groups is 1. The van der Waals surface area contributed by atoms with E-state index in [2.05, 4.69) is 41.4 Å². The second-order valence-electron chi connectivity index (χ2n) is 9.56. The highest BCUT2D eigenvalue weighted by molar-refractivity contribution is 7.99. The zero-order valence-electron chi connectivity index (χ0n) is 22.8. The van der Waals surface area contributed by atoms with Crippen molar-refractivity contribution in [3.05, 3.63) is 47.5 Å². The van der Waals surface area contributed by atoms with E-state index in [0.717, 1.165) is 48.9 Å².